The normalized spacial score (nSPS) is 14.1. The molecule has 0 unspecified atom stereocenters. The summed E-state index contributed by atoms with van der Waals surface area (Å²) < 4.78 is 10.6. The molecule has 0 radical (unpaired) electrons. The fourth-order valence-electron chi connectivity index (χ4n) is 3.24. The number of ether oxygens (including phenoxy) is 2. The van der Waals surface area contributed by atoms with Gasteiger partial charge in [-0.3, -0.25) is 14.5 Å². The van der Waals surface area contributed by atoms with Gasteiger partial charge in [-0.2, -0.15) is 0 Å². The second-order valence-corrected chi connectivity index (χ2v) is 7.21. The van der Waals surface area contributed by atoms with Crippen molar-refractivity contribution in [3.8, 4) is 11.5 Å². The minimum atomic E-state index is -0.134. The molecule has 0 bridgehead atoms. The van der Waals surface area contributed by atoms with Crippen molar-refractivity contribution in [1.82, 2.24) is 14.8 Å². The Morgan fingerprint density at radius 2 is 2.00 bits per heavy atom. The van der Waals surface area contributed by atoms with Crippen LogP contribution in [-0.4, -0.2) is 61.5 Å². The Morgan fingerprint density at radius 1 is 1.23 bits per heavy atom. The summed E-state index contributed by atoms with van der Waals surface area (Å²) in [5, 5.41) is 2.80. The summed E-state index contributed by atoms with van der Waals surface area (Å²) in [4.78, 5) is 32.2. The summed E-state index contributed by atoms with van der Waals surface area (Å²) in [6.07, 6.45) is 4.89. The van der Waals surface area contributed by atoms with Crippen LogP contribution in [0.3, 0.4) is 0 Å². The summed E-state index contributed by atoms with van der Waals surface area (Å²) in [5.41, 5.74) is 2.64. The van der Waals surface area contributed by atoms with Gasteiger partial charge in [-0.1, -0.05) is 6.07 Å². The first-order chi connectivity index (χ1) is 14.4. The molecule has 2 aromatic rings. The predicted molar refractivity (Wildman–Crippen MR) is 114 cm³/mol. The lowest BCUT2D eigenvalue weighted by molar-refractivity contribution is -0.125. The van der Waals surface area contributed by atoms with Crippen molar-refractivity contribution < 1.29 is 19.1 Å². The Hall–Kier alpha value is -3.39. The second kappa shape index (κ2) is 9.41. The summed E-state index contributed by atoms with van der Waals surface area (Å²) in [6, 6.07) is 7.51. The molecule has 0 aliphatic carbocycles. The number of likely N-dealkylation sites (N-methyl/N-ethyl adjacent to an activating group) is 2. The first-order valence-corrected chi connectivity index (χ1v) is 9.51. The van der Waals surface area contributed by atoms with Crippen LogP contribution < -0.4 is 14.8 Å². The number of pyridine rings is 1. The SMILES string of the molecule is COc1ccc(CN(C)C(=O)C=Cc2cnc3c(c2)CN(C)CC(=O)N3)cc1OC. The molecule has 2 amide bonds. The van der Waals surface area contributed by atoms with E-state index in [-0.39, 0.29) is 11.8 Å². The van der Waals surface area contributed by atoms with Crippen molar-refractivity contribution in [2.75, 3.05) is 40.2 Å². The van der Waals surface area contributed by atoms with E-state index >= 15 is 0 Å². The lowest BCUT2D eigenvalue weighted by Gasteiger charge is -2.16. The smallest absolute Gasteiger partial charge is 0.246 e. The van der Waals surface area contributed by atoms with Gasteiger partial charge in [0.15, 0.2) is 11.5 Å². The van der Waals surface area contributed by atoms with E-state index < -0.39 is 0 Å². The molecule has 2 heterocycles. The van der Waals surface area contributed by atoms with Crippen LogP contribution in [0.5, 0.6) is 11.5 Å². The van der Waals surface area contributed by atoms with Crippen molar-refractivity contribution in [3.63, 3.8) is 0 Å². The first kappa shape index (κ1) is 21.3. The molecule has 1 aromatic carbocycles. The van der Waals surface area contributed by atoms with Crippen LogP contribution in [-0.2, 0) is 22.7 Å². The van der Waals surface area contributed by atoms with E-state index in [2.05, 4.69) is 10.3 Å². The van der Waals surface area contributed by atoms with E-state index in [4.69, 9.17) is 9.47 Å². The number of carbonyl (C=O) groups is 2. The van der Waals surface area contributed by atoms with Crippen LogP contribution in [0.2, 0.25) is 0 Å². The zero-order chi connectivity index (χ0) is 21.7. The molecule has 30 heavy (non-hydrogen) atoms. The van der Waals surface area contributed by atoms with Gasteiger partial charge in [0.05, 0.1) is 20.8 Å². The number of hydrogen-bond donors (Lipinski definition) is 1. The average molecular weight is 410 g/mol. The zero-order valence-electron chi connectivity index (χ0n) is 17.6. The Balaban J connectivity index is 1.67. The number of fused-ring (bicyclic) bond motifs is 1. The molecule has 0 atom stereocenters. The van der Waals surface area contributed by atoms with Crippen molar-refractivity contribution in [2.24, 2.45) is 0 Å². The standard InChI is InChI=1S/C22H26N4O4/c1-25-13-17-9-15(11-23-22(17)24-20(27)14-25)6-8-21(28)26(2)12-16-5-7-18(29-3)19(10-16)30-4/h5-11H,12-14H2,1-4H3,(H,23,24,27). The molecule has 1 aromatic heterocycles. The van der Waals surface area contributed by atoms with Crippen LogP contribution in [0.25, 0.3) is 6.08 Å². The third kappa shape index (κ3) is 5.15. The number of amides is 2. The molecule has 0 spiro atoms. The van der Waals surface area contributed by atoms with Crippen molar-refractivity contribution in [2.45, 2.75) is 13.1 Å². The number of rotatable bonds is 6. The third-order valence-electron chi connectivity index (χ3n) is 4.76. The lowest BCUT2D eigenvalue weighted by atomic mass is 10.1. The Labute approximate surface area is 176 Å². The molecule has 3 rings (SSSR count). The van der Waals surface area contributed by atoms with Crippen molar-refractivity contribution in [3.05, 3.63) is 53.2 Å². The minimum absolute atomic E-state index is 0.0843. The highest BCUT2D eigenvalue weighted by Crippen LogP contribution is 2.28. The van der Waals surface area contributed by atoms with Crippen molar-refractivity contribution in [1.29, 1.82) is 0 Å². The van der Waals surface area contributed by atoms with Gasteiger partial charge in [-0.05, 0) is 42.4 Å². The Kier molecular flexibility index (Phi) is 6.68. The molecule has 0 saturated carbocycles. The van der Waals surface area contributed by atoms with E-state index in [1.165, 1.54) is 6.08 Å². The first-order valence-electron chi connectivity index (χ1n) is 9.51. The van der Waals surface area contributed by atoms with Gasteiger partial charge in [0.2, 0.25) is 11.8 Å². The fraction of sp³-hybridized carbons (Fsp3) is 0.318. The fourth-order valence-corrected chi connectivity index (χ4v) is 3.24. The van der Waals surface area contributed by atoms with Gasteiger partial charge in [0.1, 0.15) is 5.82 Å². The number of nitrogens with zero attached hydrogens (tertiary/aromatic N) is 3. The summed E-state index contributed by atoms with van der Waals surface area (Å²) in [5.74, 6) is 1.62. The van der Waals surface area contributed by atoms with Gasteiger partial charge in [-0.15, -0.1) is 0 Å². The largest absolute Gasteiger partial charge is 0.493 e. The molecule has 0 fully saturated rings. The monoisotopic (exact) mass is 410 g/mol. The molecule has 1 aliphatic rings. The lowest BCUT2D eigenvalue weighted by Crippen LogP contribution is -2.26. The van der Waals surface area contributed by atoms with Gasteiger partial charge in [0.25, 0.3) is 0 Å². The third-order valence-corrected chi connectivity index (χ3v) is 4.76. The maximum atomic E-state index is 12.5. The van der Waals surface area contributed by atoms with Crippen LogP contribution in [0, 0.1) is 0 Å². The Morgan fingerprint density at radius 3 is 2.73 bits per heavy atom. The maximum Gasteiger partial charge on any atom is 0.246 e. The number of aromatic nitrogens is 1. The van der Waals surface area contributed by atoms with E-state index in [0.717, 1.165) is 16.7 Å². The van der Waals surface area contributed by atoms with Gasteiger partial charge in [-0.25, -0.2) is 4.98 Å². The van der Waals surface area contributed by atoms with Crippen LogP contribution in [0.15, 0.2) is 36.5 Å². The maximum absolute atomic E-state index is 12.5. The molecule has 1 N–H and O–H groups in total. The second-order valence-electron chi connectivity index (χ2n) is 7.21. The van der Waals surface area contributed by atoms with E-state index in [1.807, 2.05) is 36.2 Å². The predicted octanol–water partition coefficient (Wildman–Crippen LogP) is 2.15. The number of benzene rings is 1. The minimum Gasteiger partial charge on any atom is -0.493 e. The van der Waals surface area contributed by atoms with Gasteiger partial charge < -0.3 is 19.7 Å². The molecule has 0 saturated heterocycles. The molecular formula is C22H26N4O4. The van der Waals surface area contributed by atoms with Gasteiger partial charge in [0, 0.05) is 38.0 Å². The van der Waals surface area contributed by atoms with Crippen LogP contribution in [0.1, 0.15) is 16.7 Å². The van der Waals surface area contributed by atoms with Crippen LogP contribution >= 0.6 is 0 Å². The average Bonchev–Trinajstić information content (AvgIpc) is 2.87. The zero-order valence-corrected chi connectivity index (χ0v) is 17.6. The summed E-state index contributed by atoms with van der Waals surface area (Å²) in [7, 11) is 6.78. The highest BCUT2D eigenvalue weighted by atomic mass is 16.5. The molecule has 8 nitrogen and oxygen atoms in total. The molecule has 8 heteroatoms. The number of nitrogens with one attached hydrogen (secondary N) is 1. The number of methoxy groups -OCH3 is 2. The molecule has 158 valence electrons. The van der Waals surface area contributed by atoms with E-state index in [1.54, 1.807) is 38.4 Å². The highest BCUT2D eigenvalue weighted by Gasteiger charge is 2.17. The van der Waals surface area contributed by atoms with Gasteiger partial charge >= 0.3 is 0 Å². The topological polar surface area (TPSA) is 84.0 Å². The van der Waals surface area contributed by atoms with Crippen LogP contribution in [0.4, 0.5) is 5.82 Å². The molecule has 1 aliphatic heterocycles. The highest BCUT2D eigenvalue weighted by molar-refractivity contribution is 5.93. The summed E-state index contributed by atoms with van der Waals surface area (Å²) >= 11 is 0. The van der Waals surface area contributed by atoms with Crippen molar-refractivity contribution >= 4 is 23.7 Å². The number of carbonyl (C=O) groups excluding carboxylic acids is 2. The number of anilines is 1. The van der Waals surface area contributed by atoms with E-state index in [0.29, 0.717) is 37.0 Å². The quantitative estimate of drug-likeness (QED) is 0.735. The Bertz CT molecular complexity index is 974. The summed E-state index contributed by atoms with van der Waals surface area (Å²) in [6.45, 7) is 1.36. The van der Waals surface area contributed by atoms with E-state index in [9.17, 15) is 9.59 Å². The number of hydrogen-bond acceptors (Lipinski definition) is 6. The molecular weight excluding hydrogens is 384 g/mol.